The van der Waals surface area contributed by atoms with E-state index in [1.54, 1.807) is 24.3 Å². The van der Waals surface area contributed by atoms with Crippen molar-refractivity contribution in [1.29, 1.82) is 0 Å². The van der Waals surface area contributed by atoms with Gasteiger partial charge in [0.15, 0.2) is 5.84 Å². The van der Waals surface area contributed by atoms with E-state index in [0.717, 1.165) is 5.56 Å². The molecule has 0 spiro atoms. The molecule has 194 valence electrons. The van der Waals surface area contributed by atoms with Crippen LogP contribution in [-0.2, 0) is 13.1 Å². The number of hydrogen-bond donors (Lipinski definition) is 2. The third-order valence-corrected chi connectivity index (χ3v) is 5.50. The van der Waals surface area contributed by atoms with Crippen LogP contribution in [0.4, 0.5) is 32.0 Å². The number of anilines is 1. The van der Waals surface area contributed by atoms with Crippen LogP contribution in [-0.4, -0.2) is 41.3 Å². The van der Waals surface area contributed by atoms with Crippen LogP contribution in [0.2, 0.25) is 0 Å². The minimum absolute atomic E-state index is 0.0888. The highest BCUT2D eigenvalue weighted by atomic mass is 32.2. The van der Waals surface area contributed by atoms with Crippen molar-refractivity contribution in [2.45, 2.75) is 25.7 Å². The molecule has 1 aliphatic heterocycles. The molecule has 0 amide bonds. The maximum Gasteiger partial charge on any atom is 0.431 e. The van der Waals surface area contributed by atoms with Gasteiger partial charge in [-0.25, -0.2) is 22.5 Å². The van der Waals surface area contributed by atoms with Gasteiger partial charge in [0.1, 0.15) is 11.5 Å². The molecule has 3 N–H and O–H groups in total. The monoisotopic (exact) mass is 529 g/mol. The lowest BCUT2D eigenvalue weighted by atomic mass is 10.1. The molecule has 1 heterocycles. The SMILES string of the molecule is C=C(N)C(F)F.C=CNc1ccc(CN(Cc2ccc(C3=NCC(C(F)(F)F)=N3)cc2)SC)c(F)c1. The van der Waals surface area contributed by atoms with E-state index in [9.17, 15) is 26.3 Å². The Bertz CT molecular complexity index is 1110. The molecule has 0 unspecified atom stereocenters. The number of alkyl halides is 5. The fraction of sp³-hybridized carbons (Fsp3) is 0.250. The average Bonchev–Trinajstić information content (AvgIpc) is 3.32. The van der Waals surface area contributed by atoms with Crippen molar-refractivity contribution in [3.05, 3.63) is 90.0 Å². The van der Waals surface area contributed by atoms with Crippen molar-refractivity contribution in [2.75, 3.05) is 18.1 Å². The second kappa shape index (κ2) is 13.2. The van der Waals surface area contributed by atoms with E-state index in [2.05, 4.69) is 34.2 Å². The summed E-state index contributed by atoms with van der Waals surface area (Å²) in [5.41, 5.74) is 5.70. The number of nitrogens with one attached hydrogen (secondary N) is 1. The molecule has 12 heteroatoms. The van der Waals surface area contributed by atoms with Crippen LogP contribution in [0.15, 0.2) is 77.5 Å². The minimum atomic E-state index is -4.46. The summed E-state index contributed by atoms with van der Waals surface area (Å²) in [6, 6.07) is 12.0. The fourth-order valence-electron chi connectivity index (χ4n) is 2.88. The Morgan fingerprint density at radius 2 is 1.83 bits per heavy atom. The molecular weight excluding hydrogens is 504 g/mol. The van der Waals surface area contributed by atoms with Gasteiger partial charge in [0.2, 0.25) is 0 Å². The molecule has 0 atom stereocenters. The van der Waals surface area contributed by atoms with E-state index in [0.29, 0.717) is 29.9 Å². The second-order valence-corrected chi connectivity index (χ2v) is 8.29. The first kappa shape index (κ1) is 29.0. The van der Waals surface area contributed by atoms with E-state index >= 15 is 0 Å². The summed E-state index contributed by atoms with van der Waals surface area (Å²) in [6.07, 6.45) is -3.64. The van der Waals surface area contributed by atoms with Gasteiger partial charge >= 0.3 is 6.18 Å². The summed E-state index contributed by atoms with van der Waals surface area (Å²) in [4.78, 5) is 7.47. The summed E-state index contributed by atoms with van der Waals surface area (Å²) < 4.78 is 76.3. The van der Waals surface area contributed by atoms with Crippen LogP contribution < -0.4 is 11.1 Å². The van der Waals surface area contributed by atoms with Gasteiger partial charge in [-0.1, -0.05) is 55.4 Å². The predicted molar refractivity (Wildman–Crippen MR) is 134 cm³/mol. The molecule has 0 bridgehead atoms. The van der Waals surface area contributed by atoms with Gasteiger partial charge in [-0.15, -0.1) is 0 Å². The van der Waals surface area contributed by atoms with Crippen molar-refractivity contribution >= 4 is 29.2 Å². The molecule has 0 radical (unpaired) electrons. The third kappa shape index (κ3) is 8.76. The Labute approximate surface area is 209 Å². The van der Waals surface area contributed by atoms with Crippen molar-refractivity contribution in [3.8, 4) is 0 Å². The van der Waals surface area contributed by atoms with E-state index in [1.165, 1.54) is 24.2 Å². The lowest BCUT2D eigenvalue weighted by molar-refractivity contribution is -0.0592. The van der Waals surface area contributed by atoms with Crippen molar-refractivity contribution in [3.63, 3.8) is 0 Å². The highest BCUT2D eigenvalue weighted by molar-refractivity contribution is 7.96. The van der Waals surface area contributed by atoms with Crippen LogP contribution in [0.3, 0.4) is 0 Å². The van der Waals surface area contributed by atoms with Gasteiger partial charge in [0, 0.05) is 29.9 Å². The van der Waals surface area contributed by atoms with Gasteiger partial charge in [-0.05, 0) is 30.2 Å². The van der Waals surface area contributed by atoms with Crippen LogP contribution in [0.5, 0.6) is 0 Å². The Kier molecular flexibility index (Phi) is 10.6. The molecule has 2 aromatic carbocycles. The van der Waals surface area contributed by atoms with Crippen molar-refractivity contribution in [2.24, 2.45) is 15.7 Å². The number of halogens is 6. The highest BCUT2D eigenvalue weighted by Gasteiger charge is 2.37. The zero-order valence-corrected chi connectivity index (χ0v) is 20.1. The van der Waals surface area contributed by atoms with Crippen LogP contribution in [0.1, 0.15) is 16.7 Å². The van der Waals surface area contributed by atoms with E-state index < -0.39 is 30.6 Å². The number of amidine groups is 1. The van der Waals surface area contributed by atoms with Gasteiger partial charge < -0.3 is 11.1 Å². The second-order valence-electron chi connectivity index (χ2n) is 7.40. The van der Waals surface area contributed by atoms with Crippen molar-refractivity contribution < 1.29 is 26.3 Å². The smallest absolute Gasteiger partial charge is 0.398 e. The average molecular weight is 530 g/mol. The number of benzene rings is 2. The summed E-state index contributed by atoms with van der Waals surface area (Å²) >= 11 is 1.48. The van der Waals surface area contributed by atoms with Crippen LogP contribution >= 0.6 is 11.9 Å². The maximum atomic E-state index is 14.3. The molecule has 0 saturated carbocycles. The maximum absolute atomic E-state index is 14.3. The topological polar surface area (TPSA) is 66.0 Å². The number of allylic oxidation sites excluding steroid dienone is 1. The molecule has 36 heavy (non-hydrogen) atoms. The molecule has 1 aliphatic rings. The number of nitrogens with two attached hydrogens (primary N) is 1. The molecule has 0 fully saturated rings. The standard InChI is InChI=1S/C21H20F4N4S.C3H5F2N/c1-3-26-17-9-8-16(18(22)10-17)13-29(30-2)12-14-4-6-15(7-5-14)20-27-11-19(28-20)21(23,24)25;1-2(6)3(4)5/h3-10,26H,1,11-13H2,2H3;3H,1,6H2. The van der Waals surface area contributed by atoms with Crippen LogP contribution in [0.25, 0.3) is 0 Å². The van der Waals surface area contributed by atoms with E-state index in [-0.39, 0.29) is 11.7 Å². The molecule has 0 saturated heterocycles. The van der Waals surface area contributed by atoms with Gasteiger partial charge in [-0.3, -0.25) is 4.99 Å². The molecular formula is C24H25F6N5S. The Morgan fingerprint density at radius 1 is 1.19 bits per heavy atom. The van der Waals surface area contributed by atoms with Gasteiger partial charge in [0.25, 0.3) is 6.43 Å². The molecule has 0 aromatic heterocycles. The normalized spacial score (nSPS) is 13.1. The number of hydrogen-bond acceptors (Lipinski definition) is 6. The van der Waals surface area contributed by atoms with Gasteiger partial charge in [-0.2, -0.15) is 13.2 Å². The van der Waals surface area contributed by atoms with E-state index in [1.807, 2.05) is 22.7 Å². The Hall–Kier alpha value is -3.25. The fourth-order valence-corrected chi connectivity index (χ4v) is 3.42. The first-order chi connectivity index (χ1) is 16.9. The van der Waals surface area contributed by atoms with Crippen molar-refractivity contribution in [1.82, 2.24) is 4.31 Å². The van der Waals surface area contributed by atoms with E-state index in [4.69, 9.17) is 0 Å². The zero-order valence-electron chi connectivity index (χ0n) is 19.3. The molecule has 3 rings (SSSR count). The lowest BCUT2D eigenvalue weighted by Gasteiger charge is -2.20. The van der Waals surface area contributed by atoms with Gasteiger partial charge in [0.05, 0.1) is 12.2 Å². The number of rotatable bonds is 9. The largest absolute Gasteiger partial charge is 0.431 e. The highest BCUT2D eigenvalue weighted by Crippen LogP contribution is 2.24. The van der Waals surface area contributed by atoms with Crippen LogP contribution in [0, 0.1) is 5.82 Å². The summed E-state index contributed by atoms with van der Waals surface area (Å²) in [5.74, 6) is -0.222. The first-order valence-corrected chi connectivity index (χ1v) is 11.6. The Morgan fingerprint density at radius 3 is 2.31 bits per heavy atom. The Balaban J connectivity index is 0.000000678. The summed E-state index contributed by atoms with van der Waals surface area (Å²) in [5, 5.41) is 2.85. The molecule has 2 aromatic rings. The number of aliphatic imine (C=N–C) groups is 2. The molecule has 0 aliphatic carbocycles. The summed E-state index contributed by atoms with van der Waals surface area (Å²) in [7, 11) is 0. The lowest BCUT2D eigenvalue weighted by Crippen LogP contribution is -2.23. The molecule has 5 nitrogen and oxygen atoms in total. The minimum Gasteiger partial charge on any atom is -0.398 e. The number of nitrogens with zero attached hydrogens (tertiary/aromatic N) is 3. The predicted octanol–water partition coefficient (Wildman–Crippen LogP) is 6.15. The summed E-state index contributed by atoms with van der Waals surface area (Å²) in [6.45, 7) is 6.82. The zero-order chi connectivity index (χ0) is 26.9. The third-order valence-electron chi connectivity index (χ3n) is 4.72. The first-order valence-electron chi connectivity index (χ1n) is 10.4. The quantitative estimate of drug-likeness (QED) is 0.302.